The Bertz CT molecular complexity index is 1780. The van der Waals surface area contributed by atoms with Crippen LogP contribution >= 0.6 is 0 Å². The Morgan fingerprint density at radius 2 is 1.70 bits per heavy atom. The third kappa shape index (κ3) is 8.76. The van der Waals surface area contributed by atoms with Gasteiger partial charge < -0.3 is 29.0 Å². The Kier molecular flexibility index (Phi) is 12.0. The fraction of sp³-hybridized carbons (Fsp3) is 0.333. The minimum atomic E-state index is -0.913. The molecule has 1 saturated heterocycles. The number of carbonyl (C=O) groups is 2. The van der Waals surface area contributed by atoms with Gasteiger partial charge in [-0.3, -0.25) is 9.80 Å². The van der Waals surface area contributed by atoms with Gasteiger partial charge in [0.15, 0.2) is 11.6 Å². The number of halogens is 1. The van der Waals surface area contributed by atoms with Crippen molar-refractivity contribution >= 4 is 35.2 Å². The summed E-state index contributed by atoms with van der Waals surface area (Å²) in [7, 11) is 4.18. The first-order chi connectivity index (χ1) is 24.2. The predicted molar refractivity (Wildman–Crippen MR) is 186 cm³/mol. The van der Waals surface area contributed by atoms with Gasteiger partial charge >= 0.3 is 12.1 Å². The SMILES string of the molecule is COC(=O)c1ccccc1OC(=O)N(c1ccnc(Nc2ccc(OCCN3CCN(C(C)C)CC3)c(F)c2)n1)c1ccc(OC)cc1OC. The van der Waals surface area contributed by atoms with Crippen LogP contribution in [-0.2, 0) is 4.74 Å². The van der Waals surface area contributed by atoms with Crippen LogP contribution < -0.4 is 29.2 Å². The van der Waals surface area contributed by atoms with E-state index in [4.69, 9.17) is 23.7 Å². The van der Waals surface area contributed by atoms with E-state index in [1.54, 1.807) is 42.5 Å². The fourth-order valence-corrected chi connectivity index (χ4v) is 5.41. The number of methoxy groups -OCH3 is 3. The molecule has 1 amide bonds. The molecule has 1 N–H and O–H groups in total. The van der Waals surface area contributed by atoms with E-state index in [1.807, 2.05) is 0 Å². The summed E-state index contributed by atoms with van der Waals surface area (Å²) in [6.45, 7) is 9.38. The molecule has 0 radical (unpaired) electrons. The number of esters is 1. The topological polar surface area (TPSA) is 128 Å². The first-order valence-corrected chi connectivity index (χ1v) is 16.1. The molecule has 14 heteroatoms. The molecule has 264 valence electrons. The number of rotatable bonds is 13. The lowest BCUT2D eigenvalue weighted by molar-refractivity contribution is 0.0598. The number of nitrogens with one attached hydrogen (secondary N) is 1. The Morgan fingerprint density at radius 1 is 0.920 bits per heavy atom. The van der Waals surface area contributed by atoms with E-state index >= 15 is 4.39 Å². The van der Waals surface area contributed by atoms with Crippen molar-refractivity contribution in [1.82, 2.24) is 19.8 Å². The highest BCUT2D eigenvalue weighted by atomic mass is 19.1. The highest BCUT2D eigenvalue weighted by Crippen LogP contribution is 2.37. The van der Waals surface area contributed by atoms with Crippen LogP contribution in [0.25, 0.3) is 0 Å². The third-order valence-corrected chi connectivity index (χ3v) is 8.16. The lowest BCUT2D eigenvalue weighted by Crippen LogP contribution is -2.49. The first kappa shape index (κ1) is 35.8. The summed E-state index contributed by atoms with van der Waals surface area (Å²) in [5, 5.41) is 2.98. The average molecular weight is 689 g/mol. The van der Waals surface area contributed by atoms with E-state index in [0.717, 1.165) is 31.1 Å². The number of hydrogen-bond donors (Lipinski definition) is 1. The van der Waals surface area contributed by atoms with E-state index in [9.17, 15) is 9.59 Å². The first-order valence-electron chi connectivity index (χ1n) is 16.1. The second-order valence-corrected chi connectivity index (χ2v) is 11.6. The summed E-state index contributed by atoms with van der Waals surface area (Å²) in [6, 6.07) is 17.5. The van der Waals surface area contributed by atoms with Crippen LogP contribution in [0.1, 0.15) is 24.2 Å². The lowest BCUT2D eigenvalue weighted by atomic mass is 10.2. The Labute approximate surface area is 290 Å². The molecule has 5 rings (SSSR count). The van der Waals surface area contributed by atoms with E-state index < -0.39 is 17.9 Å². The van der Waals surface area contributed by atoms with Crippen LogP contribution in [0.15, 0.2) is 72.9 Å². The number of amides is 1. The summed E-state index contributed by atoms with van der Waals surface area (Å²) in [6.07, 6.45) is 0.516. The second kappa shape index (κ2) is 16.8. The van der Waals surface area contributed by atoms with Crippen molar-refractivity contribution in [2.45, 2.75) is 19.9 Å². The summed E-state index contributed by atoms with van der Waals surface area (Å²) in [5.41, 5.74) is 0.668. The fourth-order valence-electron chi connectivity index (χ4n) is 5.41. The van der Waals surface area contributed by atoms with Crippen molar-refractivity contribution in [2.75, 3.05) is 70.9 Å². The Morgan fingerprint density at radius 3 is 2.40 bits per heavy atom. The van der Waals surface area contributed by atoms with Crippen molar-refractivity contribution in [3.8, 4) is 23.0 Å². The van der Waals surface area contributed by atoms with Crippen molar-refractivity contribution in [2.24, 2.45) is 0 Å². The highest BCUT2D eigenvalue weighted by molar-refractivity contribution is 6.00. The molecular weight excluding hydrogens is 647 g/mol. The predicted octanol–water partition coefficient (Wildman–Crippen LogP) is 5.91. The number of ether oxygens (including phenoxy) is 5. The van der Waals surface area contributed by atoms with Crippen molar-refractivity contribution in [3.05, 3.63) is 84.3 Å². The molecular formula is C36H41FN6O7. The third-order valence-electron chi connectivity index (χ3n) is 8.16. The van der Waals surface area contributed by atoms with Gasteiger partial charge in [0.2, 0.25) is 5.95 Å². The maximum atomic E-state index is 15.1. The molecule has 0 bridgehead atoms. The van der Waals surface area contributed by atoms with Crippen molar-refractivity contribution in [1.29, 1.82) is 0 Å². The molecule has 0 unspecified atom stereocenters. The van der Waals surface area contributed by atoms with Crippen LogP contribution in [0, 0.1) is 5.82 Å². The number of nitrogens with zero attached hydrogens (tertiary/aromatic N) is 5. The summed E-state index contributed by atoms with van der Waals surface area (Å²) in [5.74, 6) is -0.213. The zero-order valence-corrected chi connectivity index (χ0v) is 28.7. The minimum absolute atomic E-state index is 0.0271. The summed E-state index contributed by atoms with van der Waals surface area (Å²) < 4.78 is 42.3. The van der Waals surface area contributed by atoms with Gasteiger partial charge in [0.25, 0.3) is 0 Å². The molecule has 2 heterocycles. The van der Waals surface area contributed by atoms with E-state index in [2.05, 4.69) is 38.9 Å². The number of para-hydroxylation sites is 1. The quantitative estimate of drug-likeness (QED) is 0.168. The monoisotopic (exact) mass is 688 g/mol. The van der Waals surface area contributed by atoms with Crippen molar-refractivity contribution < 1.29 is 37.7 Å². The molecule has 1 aromatic heterocycles. The molecule has 0 aliphatic carbocycles. The molecule has 0 atom stereocenters. The molecule has 13 nitrogen and oxygen atoms in total. The van der Waals surface area contributed by atoms with Crippen molar-refractivity contribution in [3.63, 3.8) is 0 Å². The highest BCUT2D eigenvalue weighted by Gasteiger charge is 2.28. The van der Waals surface area contributed by atoms with Gasteiger partial charge in [-0.05, 0) is 50.2 Å². The molecule has 0 saturated carbocycles. The van der Waals surface area contributed by atoms with E-state index in [0.29, 0.717) is 30.6 Å². The molecule has 50 heavy (non-hydrogen) atoms. The molecule has 1 aliphatic heterocycles. The average Bonchev–Trinajstić information content (AvgIpc) is 3.13. The van der Waals surface area contributed by atoms with Gasteiger partial charge in [-0.1, -0.05) is 12.1 Å². The van der Waals surface area contributed by atoms with Gasteiger partial charge in [-0.25, -0.2) is 23.9 Å². The molecule has 1 fully saturated rings. The molecule has 3 aromatic carbocycles. The summed E-state index contributed by atoms with van der Waals surface area (Å²) in [4.78, 5) is 41.0. The zero-order valence-electron chi connectivity index (χ0n) is 28.7. The second-order valence-electron chi connectivity index (χ2n) is 11.6. The van der Waals surface area contributed by atoms with Crippen LogP contribution in [-0.4, -0.2) is 98.5 Å². The molecule has 1 aliphatic rings. The van der Waals surface area contributed by atoms with Gasteiger partial charge in [0.05, 0.1) is 27.0 Å². The maximum Gasteiger partial charge on any atom is 0.425 e. The van der Waals surface area contributed by atoms with Gasteiger partial charge in [0.1, 0.15) is 35.2 Å². The minimum Gasteiger partial charge on any atom is -0.497 e. The standard InChI is InChI=1S/C36H41FN6O7/c1-24(2)42-18-16-41(17-19-42)20-21-49-31-13-10-25(22-28(31)37)39-35-38-15-14-33(40-35)43(29-12-11-26(46-3)23-32(29)47-4)36(45)50-30-9-7-6-8-27(30)34(44)48-5/h6-15,22-24H,16-21H2,1-5H3,(H,38,39,40). The number of aromatic nitrogens is 2. The normalized spacial score (nSPS) is 13.4. The zero-order chi connectivity index (χ0) is 35.6. The van der Waals surface area contributed by atoms with Gasteiger partial charge in [-0.15, -0.1) is 0 Å². The van der Waals surface area contributed by atoms with Gasteiger partial charge in [-0.2, -0.15) is 4.98 Å². The number of hydrogen-bond acceptors (Lipinski definition) is 12. The van der Waals surface area contributed by atoms with E-state index in [-0.39, 0.29) is 40.3 Å². The Balaban J connectivity index is 1.34. The van der Waals surface area contributed by atoms with Crippen LogP contribution in [0.2, 0.25) is 0 Å². The number of piperazine rings is 1. The number of anilines is 4. The molecule has 0 spiro atoms. The number of benzene rings is 3. The Hall–Kier alpha value is -5.47. The smallest absolute Gasteiger partial charge is 0.425 e. The van der Waals surface area contributed by atoms with Crippen LogP contribution in [0.3, 0.4) is 0 Å². The summed E-state index contributed by atoms with van der Waals surface area (Å²) >= 11 is 0. The molecule has 4 aromatic rings. The van der Waals surface area contributed by atoms with Gasteiger partial charge in [0, 0.05) is 68.8 Å². The maximum absolute atomic E-state index is 15.1. The lowest BCUT2D eigenvalue weighted by Gasteiger charge is -2.36. The largest absolute Gasteiger partial charge is 0.497 e. The van der Waals surface area contributed by atoms with E-state index in [1.165, 1.54) is 51.8 Å². The van der Waals surface area contributed by atoms with Crippen LogP contribution in [0.5, 0.6) is 23.0 Å². The van der Waals surface area contributed by atoms with Crippen LogP contribution in [0.4, 0.5) is 32.3 Å². The number of carbonyl (C=O) groups excluding carboxylic acids is 2.